The van der Waals surface area contributed by atoms with Crippen molar-refractivity contribution in [1.82, 2.24) is 24.0 Å². The molecule has 0 radical (unpaired) electrons. The van der Waals surface area contributed by atoms with Crippen molar-refractivity contribution in [1.29, 1.82) is 0 Å². The van der Waals surface area contributed by atoms with Crippen LogP contribution < -0.4 is 16.6 Å². The SMILES string of the molecule is CCn1c(=O)n(C2CCNC2)c(=O)c2c1nc(COC)n2C. The molecule has 1 aliphatic rings. The maximum atomic E-state index is 12.9. The molecule has 120 valence electrons. The number of aryl methyl sites for hydroxylation is 2. The Hall–Kier alpha value is -1.93. The van der Waals surface area contributed by atoms with E-state index in [1.165, 1.54) is 4.57 Å². The number of ether oxygens (including phenoxy) is 1. The maximum Gasteiger partial charge on any atom is 0.333 e. The zero-order chi connectivity index (χ0) is 15.9. The van der Waals surface area contributed by atoms with Crippen LogP contribution in [0.15, 0.2) is 9.59 Å². The molecule has 0 aromatic carbocycles. The number of methoxy groups -OCH3 is 1. The highest BCUT2D eigenvalue weighted by Crippen LogP contribution is 2.15. The second-order valence-corrected chi connectivity index (χ2v) is 5.54. The highest BCUT2D eigenvalue weighted by atomic mass is 16.5. The Labute approximate surface area is 127 Å². The lowest BCUT2D eigenvalue weighted by Crippen LogP contribution is -2.43. The van der Waals surface area contributed by atoms with Crippen LogP contribution in [0, 0.1) is 0 Å². The normalized spacial score (nSPS) is 18.4. The predicted octanol–water partition coefficient (Wildman–Crippen LogP) is -0.403. The van der Waals surface area contributed by atoms with E-state index in [2.05, 4.69) is 10.3 Å². The maximum absolute atomic E-state index is 12.9. The van der Waals surface area contributed by atoms with Crippen molar-refractivity contribution in [3.8, 4) is 0 Å². The number of nitrogens with one attached hydrogen (secondary N) is 1. The lowest BCUT2D eigenvalue weighted by molar-refractivity contribution is 0.175. The number of rotatable bonds is 4. The van der Waals surface area contributed by atoms with Gasteiger partial charge in [-0.15, -0.1) is 0 Å². The zero-order valence-electron chi connectivity index (χ0n) is 13.1. The van der Waals surface area contributed by atoms with Crippen molar-refractivity contribution >= 4 is 11.2 Å². The molecule has 0 saturated carbocycles. The molecule has 0 bridgehead atoms. The van der Waals surface area contributed by atoms with Crippen LogP contribution in [-0.4, -0.2) is 38.9 Å². The molecule has 0 spiro atoms. The van der Waals surface area contributed by atoms with Gasteiger partial charge >= 0.3 is 5.69 Å². The van der Waals surface area contributed by atoms with Crippen molar-refractivity contribution in [2.24, 2.45) is 7.05 Å². The van der Waals surface area contributed by atoms with Gasteiger partial charge in [0, 0.05) is 27.2 Å². The van der Waals surface area contributed by atoms with Crippen molar-refractivity contribution in [2.75, 3.05) is 20.2 Å². The van der Waals surface area contributed by atoms with Gasteiger partial charge in [0.2, 0.25) is 0 Å². The van der Waals surface area contributed by atoms with E-state index in [0.29, 0.717) is 36.7 Å². The fraction of sp³-hybridized carbons (Fsp3) is 0.643. The van der Waals surface area contributed by atoms with Gasteiger partial charge in [-0.2, -0.15) is 0 Å². The van der Waals surface area contributed by atoms with Crippen LogP contribution in [0.4, 0.5) is 0 Å². The number of nitrogens with zero attached hydrogens (tertiary/aromatic N) is 4. The summed E-state index contributed by atoms with van der Waals surface area (Å²) < 4.78 is 9.79. The summed E-state index contributed by atoms with van der Waals surface area (Å²) in [7, 11) is 3.36. The highest BCUT2D eigenvalue weighted by Gasteiger charge is 2.25. The Morgan fingerprint density at radius 1 is 1.41 bits per heavy atom. The van der Waals surface area contributed by atoms with Gasteiger partial charge in [0.05, 0.1) is 6.04 Å². The van der Waals surface area contributed by atoms with Crippen molar-refractivity contribution in [3.63, 3.8) is 0 Å². The summed E-state index contributed by atoms with van der Waals surface area (Å²) in [5, 5.41) is 3.20. The molecule has 1 N–H and O–H groups in total. The third kappa shape index (κ3) is 2.10. The van der Waals surface area contributed by atoms with Gasteiger partial charge in [-0.25, -0.2) is 9.78 Å². The predicted molar refractivity (Wildman–Crippen MR) is 82.1 cm³/mol. The van der Waals surface area contributed by atoms with Crippen LogP contribution in [0.1, 0.15) is 25.2 Å². The van der Waals surface area contributed by atoms with Crippen LogP contribution in [0.25, 0.3) is 11.2 Å². The van der Waals surface area contributed by atoms with E-state index in [1.54, 1.807) is 23.3 Å². The zero-order valence-corrected chi connectivity index (χ0v) is 13.1. The number of imidazole rings is 1. The summed E-state index contributed by atoms with van der Waals surface area (Å²) in [5.41, 5.74) is 0.348. The molecular formula is C14H21N5O3. The fourth-order valence-electron chi connectivity index (χ4n) is 3.10. The molecule has 1 atom stereocenters. The molecule has 22 heavy (non-hydrogen) atoms. The number of hydrogen-bond acceptors (Lipinski definition) is 5. The molecule has 3 heterocycles. The number of fused-ring (bicyclic) bond motifs is 1. The summed E-state index contributed by atoms with van der Waals surface area (Å²) in [6.07, 6.45) is 0.785. The second-order valence-electron chi connectivity index (χ2n) is 5.54. The third-order valence-corrected chi connectivity index (χ3v) is 4.27. The largest absolute Gasteiger partial charge is 0.377 e. The van der Waals surface area contributed by atoms with E-state index in [1.807, 2.05) is 6.92 Å². The van der Waals surface area contributed by atoms with E-state index in [-0.39, 0.29) is 17.3 Å². The van der Waals surface area contributed by atoms with Gasteiger partial charge in [-0.1, -0.05) is 0 Å². The molecule has 0 aliphatic carbocycles. The average molecular weight is 307 g/mol. The van der Waals surface area contributed by atoms with Crippen LogP contribution in [0.3, 0.4) is 0 Å². The summed E-state index contributed by atoms with van der Waals surface area (Å²) in [5.74, 6) is 0.637. The number of hydrogen-bond donors (Lipinski definition) is 1. The minimum absolute atomic E-state index is 0.0945. The van der Waals surface area contributed by atoms with Crippen molar-refractivity contribution in [3.05, 3.63) is 26.7 Å². The van der Waals surface area contributed by atoms with Crippen LogP contribution in [0.2, 0.25) is 0 Å². The summed E-state index contributed by atoms with van der Waals surface area (Å²) in [6, 6.07) is -0.0945. The molecule has 8 heteroatoms. The molecule has 2 aromatic heterocycles. The molecule has 3 rings (SSSR count). The molecule has 0 amide bonds. The van der Waals surface area contributed by atoms with Crippen LogP contribution in [0.5, 0.6) is 0 Å². The molecule has 1 unspecified atom stereocenters. The smallest absolute Gasteiger partial charge is 0.333 e. The van der Waals surface area contributed by atoms with Gasteiger partial charge in [0.15, 0.2) is 11.2 Å². The molecule has 2 aromatic rings. The third-order valence-electron chi connectivity index (χ3n) is 4.27. The van der Waals surface area contributed by atoms with Gasteiger partial charge in [-0.3, -0.25) is 13.9 Å². The molecule has 8 nitrogen and oxygen atoms in total. The second kappa shape index (κ2) is 5.69. The molecular weight excluding hydrogens is 286 g/mol. The van der Waals surface area contributed by atoms with E-state index < -0.39 is 0 Å². The first-order chi connectivity index (χ1) is 10.6. The van der Waals surface area contributed by atoms with E-state index in [0.717, 1.165) is 13.0 Å². The Morgan fingerprint density at radius 3 is 2.77 bits per heavy atom. The first-order valence-electron chi connectivity index (χ1n) is 7.50. The lowest BCUT2D eigenvalue weighted by atomic mass is 10.2. The Morgan fingerprint density at radius 2 is 2.18 bits per heavy atom. The fourth-order valence-corrected chi connectivity index (χ4v) is 3.10. The van der Waals surface area contributed by atoms with E-state index in [4.69, 9.17) is 4.74 Å². The van der Waals surface area contributed by atoms with Gasteiger partial charge in [-0.05, 0) is 19.9 Å². The Balaban J connectivity index is 2.36. The Kier molecular flexibility index (Phi) is 3.88. The highest BCUT2D eigenvalue weighted by molar-refractivity contribution is 5.71. The van der Waals surface area contributed by atoms with Crippen molar-refractivity contribution in [2.45, 2.75) is 32.5 Å². The topological polar surface area (TPSA) is 83.1 Å². The van der Waals surface area contributed by atoms with Gasteiger partial charge in [0.1, 0.15) is 12.4 Å². The van der Waals surface area contributed by atoms with Crippen LogP contribution >= 0.6 is 0 Å². The van der Waals surface area contributed by atoms with E-state index in [9.17, 15) is 9.59 Å². The standard InChI is InChI=1S/C14H21N5O3/c1-4-18-12-11(17(2)10(16-12)8-22-3)13(20)19(14(18)21)9-5-6-15-7-9/h9,15H,4-8H2,1-3H3. The Bertz CT molecular complexity index is 810. The first kappa shape index (κ1) is 15.0. The summed E-state index contributed by atoms with van der Waals surface area (Å²) >= 11 is 0. The summed E-state index contributed by atoms with van der Waals surface area (Å²) in [4.78, 5) is 30.0. The minimum atomic E-state index is -0.282. The molecule has 1 aliphatic heterocycles. The number of aromatic nitrogens is 4. The summed E-state index contributed by atoms with van der Waals surface area (Å²) in [6.45, 7) is 4.12. The first-order valence-corrected chi connectivity index (χ1v) is 7.50. The molecule has 1 saturated heterocycles. The van der Waals surface area contributed by atoms with Crippen molar-refractivity contribution < 1.29 is 4.74 Å². The van der Waals surface area contributed by atoms with Gasteiger partial charge in [0.25, 0.3) is 5.56 Å². The quantitative estimate of drug-likeness (QED) is 0.831. The minimum Gasteiger partial charge on any atom is -0.377 e. The lowest BCUT2D eigenvalue weighted by Gasteiger charge is -2.14. The average Bonchev–Trinajstić information content (AvgIpc) is 3.10. The van der Waals surface area contributed by atoms with Gasteiger partial charge < -0.3 is 14.6 Å². The van der Waals surface area contributed by atoms with Crippen LogP contribution in [-0.2, 0) is 24.9 Å². The monoisotopic (exact) mass is 307 g/mol. The van der Waals surface area contributed by atoms with E-state index >= 15 is 0 Å². The molecule has 1 fully saturated rings.